The van der Waals surface area contributed by atoms with Gasteiger partial charge in [0.05, 0.1) is 7.11 Å². The van der Waals surface area contributed by atoms with Crippen LogP contribution in [0.1, 0.15) is 36.2 Å². The summed E-state index contributed by atoms with van der Waals surface area (Å²) in [5.74, 6) is 1.32. The molecule has 3 aromatic rings. The number of para-hydroxylation sites is 1. The molecule has 0 unspecified atom stereocenters. The first kappa shape index (κ1) is 16.8. The highest BCUT2D eigenvalue weighted by Crippen LogP contribution is 2.29. The summed E-state index contributed by atoms with van der Waals surface area (Å²) in [6, 6.07) is 11.8. The maximum absolute atomic E-state index is 12.2. The smallest absolute Gasteiger partial charge is 0.272 e. The van der Waals surface area contributed by atoms with Gasteiger partial charge in [0.2, 0.25) is 0 Å². The first-order valence-corrected chi connectivity index (χ1v) is 9.13. The highest BCUT2D eigenvalue weighted by molar-refractivity contribution is 5.41. The molecule has 1 saturated heterocycles. The van der Waals surface area contributed by atoms with Crippen LogP contribution in [0.25, 0.3) is 5.65 Å². The Labute approximate surface area is 152 Å². The van der Waals surface area contributed by atoms with E-state index in [-0.39, 0.29) is 5.56 Å². The van der Waals surface area contributed by atoms with Crippen molar-refractivity contribution in [3.05, 3.63) is 63.7 Å². The number of nitrogens with one attached hydrogen (secondary N) is 1. The summed E-state index contributed by atoms with van der Waals surface area (Å²) >= 11 is 0. The molecule has 0 radical (unpaired) electrons. The van der Waals surface area contributed by atoms with E-state index in [1.165, 1.54) is 5.56 Å². The Hall–Kier alpha value is -2.60. The van der Waals surface area contributed by atoms with Crippen molar-refractivity contribution < 1.29 is 4.74 Å². The van der Waals surface area contributed by atoms with Crippen LogP contribution in [0, 0.1) is 0 Å². The number of hydrogen-bond donors (Lipinski definition) is 1. The molecule has 2 aromatic heterocycles. The lowest BCUT2D eigenvalue weighted by Gasteiger charge is -2.17. The number of aromatic nitrogens is 3. The number of nitrogens with zero attached hydrogens (tertiary/aromatic N) is 3. The van der Waals surface area contributed by atoms with Crippen molar-refractivity contribution in [3.8, 4) is 5.75 Å². The Bertz CT molecular complexity index is 975. The minimum absolute atomic E-state index is 0.0398. The molecule has 136 valence electrons. The highest BCUT2D eigenvalue weighted by atomic mass is 16.5. The zero-order valence-electron chi connectivity index (χ0n) is 15.2. The summed E-state index contributed by atoms with van der Waals surface area (Å²) < 4.78 is 7.02. The fourth-order valence-electron chi connectivity index (χ4n) is 3.75. The zero-order valence-corrected chi connectivity index (χ0v) is 15.2. The topological polar surface area (TPSA) is 62.6 Å². The van der Waals surface area contributed by atoms with E-state index in [2.05, 4.69) is 21.0 Å². The van der Waals surface area contributed by atoms with E-state index in [0.29, 0.717) is 11.6 Å². The van der Waals surface area contributed by atoms with E-state index in [0.717, 1.165) is 49.6 Å². The third-order valence-corrected chi connectivity index (χ3v) is 5.18. The van der Waals surface area contributed by atoms with Crippen LogP contribution in [0.5, 0.6) is 5.75 Å². The predicted octanol–water partition coefficient (Wildman–Crippen LogP) is 2.58. The van der Waals surface area contributed by atoms with Crippen molar-refractivity contribution in [3.63, 3.8) is 0 Å². The van der Waals surface area contributed by atoms with Crippen molar-refractivity contribution in [1.29, 1.82) is 0 Å². The molecule has 1 aliphatic rings. The number of rotatable bonds is 5. The molecule has 0 saturated carbocycles. The summed E-state index contributed by atoms with van der Waals surface area (Å²) in [5.41, 5.74) is 3.81. The minimum atomic E-state index is -0.0398. The van der Waals surface area contributed by atoms with Crippen LogP contribution in [0.4, 0.5) is 0 Å². The molecule has 1 N–H and O–H groups in total. The summed E-state index contributed by atoms with van der Waals surface area (Å²) in [7, 11) is 1.71. The summed E-state index contributed by atoms with van der Waals surface area (Å²) in [5, 5.41) is 3.25. The van der Waals surface area contributed by atoms with Crippen molar-refractivity contribution >= 4 is 5.65 Å². The molecule has 0 amide bonds. The SMILES string of the molecule is CCc1cc(=O)n2[nH]c([C@@H]3CCN(Cc4ccccc4OC)C3)cc2n1. The monoisotopic (exact) mass is 352 g/mol. The number of fused-ring (bicyclic) bond motifs is 1. The zero-order chi connectivity index (χ0) is 18.1. The van der Waals surface area contributed by atoms with Crippen LogP contribution in [-0.4, -0.2) is 39.7 Å². The summed E-state index contributed by atoms with van der Waals surface area (Å²) in [4.78, 5) is 19.2. The van der Waals surface area contributed by atoms with Gasteiger partial charge in [-0.3, -0.25) is 14.8 Å². The molecule has 1 aliphatic heterocycles. The van der Waals surface area contributed by atoms with Gasteiger partial charge in [-0.2, -0.15) is 0 Å². The molecule has 1 aromatic carbocycles. The Kier molecular flexibility index (Phi) is 4.51. The maximum Gasteiger partial charge on any atom is 0.272 e. The third kappa shape index (κ3) is 3.12. The minimum Gasteiger partial charge on any atom is -0.496 e. The van der Waals surface area contributed by atoms with Gasteiger partial charge in [-0.25, -0.2) is 9.50 Å². The fourth-order valence-corrected chi connectivity index (χ4v) is 3.75. The third-order valence-electron chi connectivity index (χ3n) is 5.18. The second kappa shape index (κ2) is 6.96. The molecule has 1 fully saturated rings. The largest absolute Gasteiger partial charge is 0.496 e. The lowest BCUT2D eigenvalue weighted by Crippen LogP contribution is -2.20. The van der Waals surface area contributed by atoms with Crippen LogP contribution >= 0.6 is 0 Å². The number of aromatic amines is 1. The molecule has 3 heterocycles. The van der Waals surface area contributed by atoms with Crippen molar-refractivity contribution in [2.75, 3.05) is 20.2 Å². The van der Waals surface area contributed by atoms with E-state index in [1.54, 1.807) is 17.7 Å². The van der Waals surface area contributed by atoms with Gasteiger partial charge in [0.25, 0.3) is 5.56 Å². The molecule has 0 spiro atoms. The number of aryl methyl sites for hydroxylation is 1. The Morgan fingerprint density at radius 2 is 2.15 bits per heavy atom. The standard InChI is InChI=1S/C20H24N4O2/c1-3-16-10-20(25)24-19(21-16)11-17(22-24)14-8-9-23(12-14)13-15-6-4-5-7-18(15)26-2/h4-7,10-11,14,22H,3,8-9,12-13H2,1-2H3/t14-/m1/s1. The van der Waals surface area contributed by atoms with E-state index in [4.69, 9.17) is 4.74 Å². The van der Waals surface area contributed by atoms with Crippen LogP contribution in [0.15, 0.2) is 41.2 Å². The van der Waals surface area contributed by atoms with Gasteiger partial charge in [0.15, 0.2) is 5.65 Å². The average molecular weight is 352 g/mol. The molecular weight excluding hydrogens is 328 g/mol. The predicted molar refractivity (Wildman–Crippen MR) is 101 cm³/mol. The maximum atomic E-state index is 12.2. The molecule has 6 heteroatoms. The van der Waals surface area contributed by atoms with Gasteiger partial charge in [-0.1, -0.05) is 25.1 Å². The number of ether oxygens (including phenoxy) is 1. The normalized spacial score (nSPS) is 17.8. The summed E-state index contributed by atoms with van der Waals surface area (Å²) in [6.45, 7) is 4.87. The second-order valence-electron chi connectivity index (χ2n) is 6.88. The lowest BCUT2D eigenvalue weighted by atomic mass is 10.1. The van der Waals surface area contributed by atoms with Crippen molar-refractivity contribution in [2.45, 2.75) is 32.2 Å². The second-order valence-corrected chi connectivity index (χ2v) is 6.88. The van der Waals surface area contributed by atoms with Gasteiger partial charge in [0, 0.05) is 48.1 Å². The quantitative estimate of drug-likeness (QED) is 0.767. The fraction of sp³-hybridized carbons (Fsp3) is 0.400. The first-order chi connectivity index (χ1) is 12.7. The molecule has 0 aliphatic carbocycles. The van der Waals surface area contributed by atoms with Crippen LogP contribution in [0.2, 0.25) is 0 Å². The van der Waals surface area contributed by atoms with Crippen molar-refractivity contribution in [1.82, 2.24) is 19.5 Å². The van der Waals surface area contributed by atoms with Gasteiger partial charge >= 0.3 is 0 Å². The van der Waals surface area contributed by atoms with Crippen molar-refractivity contribution in [2.24, 2.45) is 0 Å². The van der Waals surface area contributed by atoms with Crippen LogP contribution in [-0.2, 0) is 13.0 Å². The number of H-pyrrole nitrogens is 1. The van der Waals surface area contributed by atoms with Gasteiger partial charge < -0.3 is 4.74 Å². The average Bonchev–Trinajstić information content (AvgIpc) is 3.29. The molecule has 26 heavy (non-hydrogen) atoms. The van der Waals surface area contributed by atoms with Gasteiger partial charge in [-0.15, -0.1) is 0 Å². The van der Waals surface area contributed by atoms with E-state index in [9.17, 15) is 4.79 Å². The van der Waals surface area contributed by atoms with E-state index < -0.39 is 0 Å². The Balaban J connectivity index is 1.53. The number of hydrogen-bond acceptors (Lipinski definition) is 4. The molecule has 4 rings (SSSR count). The Morgan fingerprint density at radius 3 is 2.96 bits per heavy atom. The first-order valence-electron chi connectivity index (χ1n) is 9.13. The van der Waals surface area contributed by atoms with Crippen LogP contribution < -0.4 is 10.3 Å². The van der Waals surface area contributed by atoms with E-state index >= 15 is 0 Å². The number of methoxy groups -OCH3 is 1. The van der Waals surface area contributed by atoms with Gasteiger partial charge in [0.1, 0.15) is 5.75 Å². The molecule has 1 atom stereocenters. The van der Waals surface area contributed by atoms with Crippen LogP contribution in [0.3, 0.4) is 0 Å². The molecular formula is C20H24N4O2. The highest BCUT2D eigenvalue weighted by Gasteiger charge is 2.26. The number of likely N-dealkylation sites (tertiary alicyclic amines) is 1. The Morgan fingerprint density at radius 1 is 1.31 bits per heavy atom. The molecule has 6 nitrogen and oxygen atoms in total. The lowest BCUT2D eigenvalue weighted by molar-refractivity contribution is 0.316. The summed E-state index contributed by atoms with van der Waals surface area (Å²) in [6.07, 6.45) is 1.83. The molecule has 0 bridgehead atoms. The number of benzene rings is 1. The van der Waals surface area contributed by atoms with E-state index in [1.807, 2.05) is 31.2 Å². The van der Waals surface area contributed by atoms with Gasteiger partial charge in [-0.05, 0) is 25.5 Å².